The zero-order chi connectivity index (χ0) is 43.8. The number of nitriles is 2. The number of fused-ring (bicyclic) bond motifs is 2. The van der Waals surface area contributed by atoms with E-state index in [1.165, 1.54) is 70.6 Å². The number of nitrogens with zero attached hydrogens (tertiary/aromatic N) is 12. The first-order valence-electron chi connectivity index (χ1n) is 16.8. The lowest BCUT2D eigenvalue weighted by Crippen LogP contribution is -2.80. The van der Waals surface area contributed by atoms with E-state index in [2.05, 4.69) is 41.7 Å². The monoisotopic (exact) mass is 942 g/mol. The summed E-state index contributed by atoms with van der Waals surface area (Å²) in [6.07, 6.45) is 0. The lowest BCUT2D eigenvalue weighted by Gasteiger charge is -2.55. The Kier molecular flexibility index (Phi) is 15.8. The molecule has 4 aliphatic rings. The highest BCUT2D eigenvalue weighted by molar-refractivity contribution is 8.01. The maximum atomic E-state index is 12.9. The number of methoxy groups -OCH3 is 2. The van der Waals surface area contributed by atoms with Gasteiger partial charge in [0, 0.05) is 51.3 Å². The Labute approximate surface area is 365 Å². The lowest BCUT2D eigenvalue weighted by atomic mass is 9.98. The predicted molar refractivity (Wildman–Crippen MR) is 216 cm³/mol. The van der Waals surface area contributed by atoms with Gasteiger partial charge in [-0.2, -0.15) is 10.5 Å². The molecule has 4 atom stereocenters. The normalized spacial score (nSPS) is 22.9. The number of carbonyl (C=O) groups excluding carboxylic acids is 4. The van der Waals surface area contributed by atoms with Crippen LogP contribution in [0.5, 0.6) is 0 Å². The van der Waals surface area contributed by atoms with Gasteiger partial charge in [-0.15, -0.1) is 57.2 Å². The summed E-state index contributed by atoms with van der Waals surface area (Å²) in [7, 11) is 5.91. The topological polar surface area (TPSA) is 327 Å². The van der Waals surface area contributed by atoms with Crippen LogP contribution >= 0.6 is 70.6 Å². The van der Waals surface area contributed by atoms with Crippen LogP contribution in [0.4, 0.5) is 0 Å². The van der Waals surface area contributed by atoms with Crippen molar-refractivity contribution in [1.29, 1.82) is 10.5 Å². The van der Waals surface area contributed by atoms with Crippen molar-refractivity contribution >= 4 is 106 Å². The molecule has 4 aliphatic heterocycles. The Morgan fingerprint density at radius 1 is 0.767 bits per heavy atom. The van der Waals surface area contributed by atoms with Crippen LogP contribution in [-0.2, 0) is 52.3 Å². The summed E-state index contributed by atoms with van der Waals surface area (Å²) in [6.45, 7) is 0. The Balaban J connectivity index is 0.000000228. The van der Waals surface area contributed by atoms with Gasteiger partial charge in [-0.25, -0.2) is 19.0 Å². The zero-order valence-corrected chi connectivity index (χ0v) is 36.7. The predicted octanol–water partition coefficient (Wildman–Crippen LogP) is -1.46. The number of amides is 4. The first-order chi connectivity index (χ1) is 28.7. The van der Waals surface area contributed by atoms with Crippen LogP contribution < -0.4 is 10.6 Å². The molecule has 0 spiro atoms. The van der Waals surface area contributed by atoms with Crippen LogP contribution in [0.2, 0.25) is 0 Å². The van der Waals surface area contributed by atoms with Crippen molar-refractivity contribution < 1.29 is 48.5 Å². The molecule has 60 heavy (non-hydrogen) atoms. The van der Waals surface area contributed by atoms with Crippen molar-refractivity contribution in [2.45, 2.75) is 32.5 Å². The molecule has 0 unspecified atom stereocenters. The van der Waals surface area contributed by atoms with Crippen molar-refractivity contribution in [1.82, 2.24) is 60.8 Å². The minimum absolute atomic E-state index is 0.0153. The summed E-state index contributed by atoms with van der Waals surface area (Å²) in [5, 5.41) is 63.6. The van der Waals surface area contributed by atoms with Crippen LogP contribution in [0.25, 0.3) is 0 Å². The summed E-state index contributed by atoms with van der Waals surface area (Å²) in [4.78, 5) is 76.4. The van der Waals surface area contributed by atoms with E-state index in [-0.39, 0.29) is 45.9 Å². The Morgan fingerprint density at radius 3 is 1.45 bits per heavy atom. The van der Waals surface area contributed by atoms with Crippen molar-refractivity contribution in [2.75, 3.05) is 60.2 Å². The number of hydrogen-bond donors (Lipinski definition) is 4. The van der Waals surface area contributed by atoms with Gasteiger partial charge in [0.15, 0.2) is 0 Å². The third kappa shape index (κ3) is 9.34. The molecule has 0 bridgehead atoms. The van der Waals surface area contributed by atoms with Crippen molar-refractivity contribution in [2.24, 2.45) is 14.1 Å². The first-order valence-corrected chi connectivity index (χ1v) is 23.2. The number of tetrazole rings is 2. The fourth-order valence-corrected chi connectivity index (χ4v) is 11.7. The van der Waals surface area contributed by atoms with E-state index < -0.39 is 57.8 Å². The van der Waals surface area contributed by atoms with E-state index in [0.29, 0.717) is 33.0 Å². The number of rotatable bonds is 18. The van der Waals surface area contributed by atoms with E-state index >= 15 is 0 Å². The third-order valence-electron chi connectivity index (χ3n) is 8.63. The summed E-state index contributed by atoms with van der Waals surface area (Å²) < 4.78 is 13.7. The van der Waals surface area contributed by atoms with Crippen molar-refractivity contribution in [3.8, 4) is 12.1 Å². The van der Waals surface area contributed by atoms with Gasteiger partial charge in [0.1, 0.15) is 22.1 Å². The smallest absolute Gasteiger partial charge is 0.352 e. The molecule has 320 valence electrons. The number of thioether (sulfide) groups is 6. The number of ether oxygens (including phenoxy) is 2. The molecule has 2 aromatic heterocycles. The molecule has 6 heterocycles. The average Bonchev–Trinajstić information content (AvgIpc) is 3.85. The van der Waals surface area contributed by atoms with Gasteiger partial charge in [-0.1, -0.05) is 23.5 Å². The first kappa shape index (κ1) is 46.5. The van der Waals surface area contributed by atoms with Crippen LogP contribution in [0.15, 0.2) is 32.9 Å². The van der Waals surface area contributed by atoms with Crippen molar-refractivity contribution in [3.05, 3.63) is 22.5 Å². The molecule has 2 aromatic rings. The number of aromatic nitrogens is 8. The minimum Gasteiger partial charge on any atom is -0.477 e. The quantitative estimate of drug-likeness (QED) is 0.0574. The van der Waals surface area contributed by atoms with E-state index in [0.717, 1.165) is 33.3 Å². The molecule has 0 aromatic carbocycles. The number of hydrogen-bond acceptors (Lipinski definition) is 22. The van der Waals surface area contributed by atoms with Crippen LogP contribution in [0, 0.1) is 22.7 Å². The summed E-state index contributed by atoms with van der Waals surface area (Å²) in [6, 6.07) is 3.83. The van der Waals surface area contributed by atoms with Gasteiger partial charge in [0.25, 0.3) is 23.3 Å². The average molecular weight is 943 g/mol. The third-order valence-corrected chi connectivity index (χ3v) is 15.2. The number of β-lactam (4-membered cyclic amide) rings is 2. The van der Waals surface area contributed by atoms with Gasteiger partial charge in [0.2, 0.25) is 22.1 Å². The molecule has 24 nitrogen and oxygen atoms in total. The molecule has 0 aliphatic carbocycles. The van der Waals surface area contributed by atoms with Crippen LogP contribution in [-0.4, -0.2) is 178 Å². The maximum Gasteiger partial charge on any atom is 0.352 e. The highest BCUT2D eigenvalue weighted by Crippen LogP contribution is 2.48. The summed E-state index contributed by atoms with van der Waals surface area (Å²) >= 11 is 7.34. The standard InChI is InChI=1S/2C15H17N7O5S3/c2*1-21-14(18-19-20-21)30-6-8-5-29-13-15(27-2,17-9(23)7-28-4-3-16)12(26)22(13)10(8)11(24)25/h2*13H,4-7H2,1-2H3,(H,17,23)(H,24,25)/t2*13-,15+/m11/s1. The number of aryl methyl sites for hydroxylation is 2. The fraction of sp³-hybridized carbons (Fsp3) is 0.533. The fourth-order valence-electron chi connectivity index (χ4n) is 5.96. The van der Waals surface area contributed by atoms with E-state index in [9.17, 15) is 39.0 Å². The Hall–Kier alpha value is -4.56. The second-order valence-electron chi connectivity index (χ2n) is 12.2. The van der Waals surface area contributed by atoms with Gasteiger partial charge < -0.3 is 30.3 Å². The molecule has 0 radical (unpaired) electrons. The number of nitrogens with one attached hydrogen (secondary N) is 2. The SMILES string of the molecule is CO[C@@]1(NC(=O)CSCC#N)C(=O)N2C(C(=O)O)=C(CSc3nnnn3C)CS[C@@H]21.CO[C@@]1(NC(=O)CSCC#N)C(=O)N2C(C(=O)O)=C(CSc3nnnn3C)CS[C@@H]21. The number of carboxylic acids is 2. The zero-order valence-electron chi connectivity index (χ0n) is 31.8. The summed E-state index contributed by atoms with van der Waals surface area (Å²) in [5.74, 6) is -3.23. The molecular formula is C30H34N14O10S6. The van der Waals surface area contributed by atoms with Gasteiger partial charge in [-0.3, -0.25) is 29.0 Å². The lowest BCUT2D eigenvalue weighted by molar-refractivity contribution is -0.192. The molecule has 0 saturated carbocycles. The minimum atomic E-state index is -1.64. The molecule has 4 amide bonds. The summed E-state index contributed by atoms with van der Waals surface area (Å²) in [5.41, 5.74) is -2.42. The van der Waals surface area contributed by atoms with Crippen LogP contribution in [0.1, 0.15) is 0 Å². The number of carbonyl (C=O) groups is 6. The largest absolute Gasteiger partial charge is 0.477 e. The van der Waals surface area contributed by atoms with E-state index in [1.54, 1.807) is 14.1 Å². The number of aliphatic carboxylic acids is 2. The maximum absolute atomic E-state index is 12.9. The van der Waals surface area contributed by atoms with Gasteiger partial charge in [0.05, 0.1) is 35.1 Å². The second kappa shape index (κ2) is 20.3. The Morgan fingerprint density at radius 2 is 1.15 bits per heavy atom. The molecule has 2 saturated heterocycles. The molecule has 30 heteroatoms. The molecule has 2 fully saturated rings. The highest BCUT2D eigenvalue weighted by Gasteiger charge is 2.67. The Bertz CT molecular complexity index is 2040. The van der Waals surface area contributed by atoms with E-state index in [1.807, 2.05) is 12.1 Å². The van der Waals surface area contributed by atoms with Gasteiger partial charge >= 0.3 is 11.9 Å². The molecular weight excluding hydrogens is 909 g/mol. The van der Waals surface area contributed by atoms with Gasteiger partial charge in [-0.05, 0) is 32.0 Å². The van der Waals surface area contributed by atoms with E-state index in [4.69, 9.17) is 20.0 Å². The highest BCUT2D eigenvalue weighted by atomic mass is 32.2. The van der Waals surface area contributed by atoms with Crippen molar-refractivity contribution in [3.63, 3.8) is 0 Å². The number of carboxylic acid groups (broad SMARTS) is 2. The second-order valence-corrected chi connectivity index (χ2v) is 18.2. The molecule has 6 rings (SSSR count). The molecule has 4 N–H and O–H groups in total. The van der Waals surface area contributed by atoms with Crippen LogP contribution in [0.3, 0.4) is 0 Å².